The molecule has 2 rings (SSSR count). The van der Waals surface area contributed by atoms with Crippen LogP contribution in [0.1, 0.15) is 16.8 Å². The van der Waals surface area contributed by atoms with Crippen molar-refractivity contribution in [2.45, 2.75) is 6.42 Å². The minimum Gasteiger partial charge on any atom is -0.465 e. The lowest BCUT2D eigenvalue weighted by molar-refractivity contribution is -0.117. The Kier molecular flexibility index (Phi) is 4.52. The largest absolute Gasteiger partial charge is 0.465 e. The molecule has 1 aliphatic heterocycles. The van der Waals surface area contributed by atoms with E-state index in [1.807, 2.05) is 0 Å². The summed E-state index contributed by atoms with van der Waals surface area (Å²) in [6.07, 6.45) is 0.498. The first kappa shape index (κ1) is 14.4. The van der Waals surface area contributed by atoms with Gasteiger partial charge in [0.05, 0.1) is 18.4 Å². The number of ether oxygens (including phenoxy) is 1. The molecule has 19 heavy (non-hydrogen) atoms. The van der Waals surface area contributed by atoms with E-state index in [1.165, 1.54) is 7.11 Å². The highest BCUT2D eigenvalue weighted by Gasteiger charge is 2.31. The Bertz CT molecular complexity index is 521. The maximum atomic E-state index is 12.0. The zero-order valence-corrected chi connectivity index (χ0v) is 12.9. The van der Waals surface area contributed by atoms with Gasteiger partial charge in [-0.2, -0.15) is 12.6 Å². The van der Waals surface area contributed by atoms with Gasteiger partial charge in [0.25, 0.3) is 0 Å². The molecule has 0 radical (unpaired) electrons. The topological polar surface area (TPSA) is 46.6 Å². The summed E-state index contributed by atoms with van der Waals surface area (Å²) in [7, 11) is 1.34. The second kappa shape index (κ2) is 5.96. The molecule has 102 valence electrons. The van der Waals surface area contributed by atoms with Gasteiger partial charge in [0.2, 0.25) is 5.91 Å². The van der Waals surface area contributed by atoms with E-state index in [-0.39, 0.29) is 11.8 Å². The quantitative estimate of drug-likeness (QED) is 0.677. The molecule has 1 amide bonds. The summed E-state index contributed by atoms with van der Waals surface area (Å²) in [6, 6.07) is 5.09. The number of thiol groups is 1. The van der Waals surface area contributed by atoms with Crippen molar-refractivity contribution in [1.82, 2.24) is 0 Å². The number of anilines is 1. The SMILES string of the molecule is COC(=O)c1ccc(Br)c(N2CC(CS)CC2=O)c1. The monoisotopic (exact) mass is 343 g/mol. The van der Waals surface area contributed by atoms with Crippen LogP contribution in [0.2, 0.25) is 0 Å². The molecule has 0 saturated carbocycles. The van der Waals surface area contributed by atoms with Gasteiger partial charge in [-0.1, -0.05) is 0 Å². The Labute approximate surface area is 125 Å². The van der Waals surface area contributed by atoms with Crippen LogP contribution in [0, 0.1) is 5.92 Å². The van der Waals surface area contributed by atoms with Crippen LogP contribution in [0.25, 0.3) is 0 Å². The van der Waals surface area contributed by atoms with Gasteiger partial charge in [0.1, 0.15) is 0 Å². The van der Waals surface area contributed by atoms with Gasteiger partial charge in [0.15, 0.2) is 0 Å². The Balaban J connectivity index is 2.34. The van der Waals surface area contributed by atoms with Crippen LogP contribution < -0.4 is 4.90 Å². The molecule has 6 heteroatoms. The fraction of sp³-hybridized carbons (Fsp3) is 0.385. The third-order valence-corrected chi connectivity index (χ3v) is 4.31. The number of methoxy groups -OCH3 is 1. The van der Waals surface area contributed by atoms with Crippen LogP contribution in [0.15, 0.2) is 22.7 Å². The number of amides is 1. The lowest BCUT2D eigenvalue weighted by atomic mass is 10.1. The number of hydrogen-bond donors (Lipinski definition) is 1. The molecule has 1 fully saturated rings. The summed E-state index contributed by atoms with van der Waals surface area (Å²) < 4.78 is 5.48. The molecule has 1 atom stereocenters. The normalized spacial score (nSPS) is 18.8. The molecule has 1 saturated heterocycles. The van der Waals surface area contributed by atoms with Gasteiger partial charge in [-0.15, -0.1) is 0 Å². The van der Waals surface area contributed by atoms with Crippen LogP contribution in [0.3, 0.4) is 0 Å². The molecule has 0 bridgehead atoms. The van der Waals surface area contributed by atoms with Crippen molar-refractivity contribution >= 4 is 46.1 Å². The zero-order valence-electron chi connectivity index (χ0n) is 10.4. The van der Waals surface area contributed by atoms with E-state index in [9.17, 15) is 9.59 Å². The third kappa shape index (κ3) is 2.95. The molecule has 1 aliphatic rings. The van der Waals surface area contributed by atoms with Crippen LogP contribution in [-0.2, 0) is 9.53 Å². The standard InChI is InChI=1S/C13H14BrNO3S/c1-18-13(17)9-2-3-10(14)11(5-9)15-6-8(7-19)4-12(15)16/h2-3,5,8,19H,4,6-7H2,1H3. The van der Waals surface area contributed by atoms with E-state index in [2.05, 4.69) is 28.6 Å². The van der Waals surface area contributed by atoms with E-state index in [4.69, 9.17) is 4.74 Å². The Morgan fingerprint density at radius 1 is 1.58 bits per heavy atom. The molecular weight excluding hydrogens is 330 g/mol. The number of carbonyl (C=O) groups excluding carboxylic acids is 2. The number of nitrogens with zero attached hydrogens (tertiary/aromatic N) is 1. The highest BCUT2D eigenvalue weighted by Crippen LogP contribution is 2.32. The summed E-state index contributed by atoms with van der Waals surface area (Å²) in [5, 5.41) is 0. The van der Waals surface area contributed by atoms with Gasteiger partial charge >= 0.3 is 5.97 Å². The maximum absolute atomic E-state index is 12.0. The first-order valence-electron chi connectivity index (χ1n) is 5.86. The molecule has 1 aromatic rings. The number of benzene rings is 1. The molecule has 0 spiro atoms. The highest BCUT2D eigenvalue weighted by atomic mass is 79.9. The van der Waals surface area contributed by atoms with Crippen molar-refractivity contribution in [3.05, 3.63) is 28.2 Å². The number of esters is 1. The average Bonchev–Trinajstić information content (AvgIpc) is 2.79. The average molecular weight is 344 g/mol. The van der Waals surface area contributed by atoms with E-state index in [0.717, 1.165) is 4.47 Å². The van der Waals surface area contributed by atoms with Crippen molar-refractivity contribution < 1.29 is 14.3 Å². The Hall–Kier alpha value is -1.01. The molecule has 4 nitrogen and oxygen atoms in total. The highest BCUT2D eigenvalue weighted by molar-refractivity contribution is 9.10. The fourth-order valence-corrected chi connectivity index (χ4v) is 2.81. The molecule has 1 heterocycles. The predicted molar refractivity (Wildman–Crippen MR) is 79.8 cm³/mol. The van der Waals surface area contributed by atoms with Gasteiger partial charge in [0, 0.05) is 17.4 Å². The number of halogens is 1. The minimum absolute atomic E-state index is 0.0572. The summed E-state index contributed by atoms with van der Waals surface area (Å²) in [6.45, 7) is 0.631. The molecule has 1 unspecified atom stereocenters. The molecule has 0 aliphatic carbocycles. The summed E-state index contributed by atoms with van der Waals surface area (Å²) in [5.74, 6) is 0.578. The van der Waals surface area contributed by atoms with Gasteiger partial charge in [-0.05, 0) is 45.8 Å². The lowest BCUT2D eigenvalue weighted by Crippen LogP contribution is -2.25. The zero-order chi connectivity index (χ0) is 14.0. The van der Waals surface area contributed by atoms with Gasteiger partial charge < -0.3 is 9.64 Å². The Morgan fingerprint density at radius 2 is 2.32 bits per heavy atom. The summed E-state index contributed by atoms with van der Waals surface area (Å²) >= 11 is 7.65. The van der Waals surface area contributed by atoms with Gasteiger partial charge in [-0.3, -0.25) is 4.79 Å². The smallest absolute Gasteiger partial charge is 0.337 e. The maximum Gasteiger partial charge on any atom is 0.337 e. The van der Waals surface area contributed by atoms with E-state index < -0.39 is 5.97 Å². The number of carbonyl (C=O) groups is 2. The number of rotatable bonds is 3. The fourth-order valence-electron chi connectivity index (χ4n) is 2.10. The summed E-state index contributed by atoms with van der Waals surface area (Å²) in [4.78, 5) is 25.2. The van der Waals surface area contributed by atoms with E-state index in [0.29, 0.717) is 30.0 Å². The van der Waals surface area contributed by atoms with E-state index >= 15 is 0 Å². The van der Waals surface area contributed by atoms with Crippen molar-refractivity contribution in [1.29, 1.82) is 0 Å². The predicted octanol–water partition coefficient (Wildman–Crippen LogP) is 2.52. The molecular formula is C13H14BrNO3S. The van der Waals surface area contributed by atoms with E-state index in [1.54, 1.807) is 23.1 Å². The van der Waals surface area contributed by atoms with Crippen LogP contribution in [0.4, 0.5) is 5.69 Å². The van der Waals surface area contributed by atoms with Crippen LogP contribution in [-0.4, -0.2) is 31.3 Å². The van der Waals surface area contributed by atoms with Gasteiger partial charge in [-0.25, -0.2) is 4.79 Å². The van der Waals surface area contributed by atoms with Crippen LogP contribution >= 0.6 is 28.6 Å². The second-order valence-corrected chi connectivity index (χ2v) is 5.63. The first-order chi connectivity index (χ1) is 9.06. The van der Waals surface area contributed by atoms with Crippen molar-refractivity contribution in [3.8, 4) is 0 Å². The minimum atomic E-state index is -0.411. The molecule has 0 aromatic heterocycles. The van der Waals surface area contributed by atoms with Crippen molar-refractivity contribution in [3.63, 3.8) is 0 Å². The lowest BCUT2D eigenvalue weighted by Gasteiger charge is -2.19. The first-order valence-corrected chi connectivity index (χ1v) is 7.28. The summed E-state index contributed by atoms with van der Waals surface area (Å²) in [5.41, 5.74) is 1.14. The Morgan fingerprint density at radius 3 is 2.89 bits per heavy atom. The second-order valence-electron chi connectivity index (χ2n) is 4.41. The third-order valence-electron chi connectivity index (χ3n) is 3.12. The molecule has 0 N–H and O–H groups in total. The molecule has 1 aromatic carbocycles. The van der Waals surface area contributed by atoms with Crippen molar-refractivity contribution in [2.24, 2.45) is 5.92 Å². The van der Waals surface area contributed by atoms with Crippen molar-refractivity contribution in [2.75, 3.05) is 24.3 Å². The van der Waals surface area contributed by atoms with Crippen LogP contribution in [0.5, 0.6) is 0 Å². The number of hydrogen-bond acceptors (Lipinski definition) is 4.